The van der Waals surface area contributed by atoms with Crippen molar-refractivity contribution in [3.05, 3.63) is 71.3 Å². The zero-order valence-electron chi connectivity index (χ0n) is 13.8. The molecule has 2 aromatic carbocycles. The molecule has 0 unspecified atom stereocenters. The largest absolute Gasteiger partial charge is 0.417 e. The first-order valence-corrected chi connectivity index (χ1v) is 8.42. The Kier molecular flexibility index (Phi) is 4.84. The van der Waals surface area contributed by atoms with Gasteiger partial charge < -0.3 is 5.32 Å². The Morgan fingerprint density at radius 3 is 2.20 bits per heavy atom. The second-order valence-corrected chi connectivity index (χ2v) is 6.58. The lowest BCUT2D eigenvalue weighted by Gasteiger charge is -2.30. The molecule has 0 aliphatic heterocycles. The van der Waals surface area contributed by atoms with Crippen LogP contribution in [0.5, 0.6) is 0 Å². The van der Waals surface area contributed by atoms with Crippen LogP contribution in [0.3, 0.4) is 0 Å². The number of benzene rings is 2. The fourth-order valence-electron chi connectivity index (χ4n) is 3.68. The SMILES string of the molecule is O=C(NCC1(c2ccccc2)CCCC1)c1ccccc1C(F)(F)F. The second-order valence-electron chi connectivity index (χ2n) is 6.58. The van der Waals surface area contributed by atoms with Crippen molar-refractivity contribution in [3.63, 3.8) is 0 Å². The third-order valence-corrected chi connectivity index (χ3v) is 5.01. The molecule has 1 fully saturated rings. The van der Waals surface area contributed by atoms with Crippen LogP contribution in [-0.4, -0.2) is 12.5 Å². The van der Waals surface area contributed by atoms with E-state index in [1.807, 2.05) is 30.3 Å². The van der Waals surface area contributed by atoms with E-state index < -0.39 is 17.6 Å². The summed E-state index contributed by atoms with van der Waals surface area (Å²) in [6.45, 7) is 0.349. The first-order chi connectivity index (χ1) is 11.9. The van der Waals surface area contributed by atoms with Crippen LogP contribution in [-0.2, 0) is 11.6 Å². The van der Waals surface area contributed by atoms with Gasteiger partial charge in [-0.05, 0) is 30.5 Å². The third-order valence-electron chi connectivity index (χ3n) is 5.01. The number of halogens is 3. The number of carbonyl (C=O) groups excluding carboxylic acids is 1. The summed E-state index contributed by atoms with van der Waals surface area (Å²) >= 11 is 0. The van der Waals surface area contributed by atoms with E-state index in [1.54, 1.807) is 0 Å². The molecular weight excluding hydrogens is 327 g/mol. The monoisotopic (exact) mass is 347 g/mol. The molecule has 0 heterocycles. The maximum absolute atomic E-state index is 13.1. The van der Waals surface area contributed by atoms with Crippen molar-refractivity contribution in [2.75, 3.05) is 6.54 Å². The number of carbonyl (C=O) groups is 1. The molecule has 132 valence electrons. The van der Waals surface area contributed by atoms with Crippen LogP contribution in [0, 0.1) is 0 Å². The summed E-state index contributed by atoms with van der Waals surface area (Å²) in [6, 6.07) is 14.8. The molecule has 0 aromatic heterocycles. The molecule has 1 N–H and O–H groups in total. The van der Waals surface area contributed by atoms with Gasteiger partial charge >= 0.3 is 6.18 Å². The Labute approximate surface area is 145 Å². The number of alkyl halides is 3. The molecule has 5 heteroatoms. The molecule has 0 radical (unpaired) electrons. The lowest BCUT2D eigenvalue weighted by Crippen LogP contribution is -2.39. The Morgan fingerprint density at radius 1 is 0.960 bits per heavy atom. The van der Waals surface area contributed by atoms with Crippen molar-refractivity contribution in [2.24, 2.45) is 0 Å². The highest BCUT2D eigenvalue weighted by atomic mass is 19.4. The first-order valence-electron chi connectivity index (χ1n) is 8.42. The van der Waals surface area contributed by atoms with Gasteiger partial charge in [-0.2, -0.15) is 13.2 Å². The van der Waals surface area contributed by atoms with E-state index in [0.717, 1.165) is 37.3 Å². The van der Waals surface area contributed by atoms with Crippen LogP contribution in [0.15, 0.2) is 54.6 Å². The lowest BCUT2D eigenvalue weighted by molar-refractivity contribution is -0.137. The van der Waals surface area contributed by atoms with Crippen molar-refractivity contribution < 1.29 is 18.0 Å². The first kappa shape index (κ1) is 17.5. The molecule has 2 aromatic rings. The highest BCUT2D eigenvalue weighted by Crippen LogP contribution is 2.40. The lowest BCUT2D eigenvalue weighted by atomic mass is 9.79. The quantitative estimate of drug-likeness (QED) is 0.833. The minimum atomic E-state index is -4.54. The van der Waals surface area contributed by atoms with Gasteiger partial charge in [0.15, 0.2) is 0 Å². The fourth-order valence-corrected chi connectivity index (χ4v) is 3.68. The van der Waals surface area contributed by atoms with Crippen molar-refractivity contribution in [2.45, 2.75) is 37.3 Å². The summed E-state index contributed by atoms with van der Waals surface area (Å²) in [5.41, 5.74) is -0.273. The van der Waals surface area contributed by atoms with Gasteiger partial charge in [-0.3, -0.25) is 4.79 Å². The maximum atomic E-state index is 13.1. The predicted octanol–water partition coefficient (Wildman–Crippen LogP) is 4.95. The van der Waals surface area contributed by atoms with Crippen LogP contribution >= 0.6 is 0 Å². The van der Waals surface area contributed by atoms with Crippen molar-refractivity contribution in [1.82, 2.24) is 5.32 Å². The van der Waals surface area contributed by atoms with Gasteiger partial charge in [0.1, 0.15) is 0 Å². The molecule has 0 saturated heterocycles. The standard InChI is InChI=1S/C20H20F3NO/c21-20(22,23)17-11-5-4-10-16(17)18(25)24-14-19(12-6-7-13-19)15-8-2-1-3-9-15/h1-5,8-11H,6-7,12-14H2,(H,24,25). The smallest absolute Gasteiger partial charge is 0.351 e. The third kappa shape index (κ3) is 3.70. The molecule has 1 saturated carbocycles. The fraction of sp³-hybridized carbons (Fsp3) is 0.350. The van der Waals surface area contributed by atoms with E-state index in [0.29, 0.717) is 6.54 Å². The average molecular weight is 347 g/mol. The van der Waals surface area contributed by atoms with Crippen LogP contribution in [0.2, 0.25) is 0 Å². The second kappa shape index (κ2) is 6.90. The van der Waals surface area contributed by atoms with Crippen molar-refractivity contribution in [3.8, 4) is 0 Å². The van der Waals surface area contributed by atoms with Crippen molar-refractivity contribution >= 4 is 5.91 Å². The Hall–Kier alpha value is -2.30. The normalized spacial score (nSPS) is 16.6. The van der Waals surface area contributed by atoms with E-state index in [2.05, 4.69) is 5.32 Å². The topological polar surface area (TPSA) is 29.1 Å². The number of nitrogens with one attached hydrogen (secondary N) is 1. The Morgan fingerprint density at radius 2 is 1.56 bits per heavy atom. The molecule has 2 nitrogen and oxygen atoms in total. The molecule has 0 spiro atoms. The van der Waals surface area contributed by atoms with Crippen LogP contribution in [0.4, 0.5) is 13.2 Å². The summed E-state index contributed by atoms with van der Waals surface area (Å²) < 4.78 is 39.3. The van der Waals surface area contributed by atoms with Crippen LogP contribution in [0.1, 0.15) is 47.2 Å². The summed E-state index contributed by atoms with van der Waals surface area (Å²) in [5, 5.41) is 2.75. The molecule has 3 rings (SSSR count). The summed E-state index contributed by atoms with van der Waals surface area (Å²) in [5.74, 6) is -0.671. The predicted molar refractivity (Wildman–Crippen MR) is 90.4 cm³/mol. The minimum Gasteiger partial charge on any atom is -0.351 e. The summed E-state index contributed by atoms with van der Waals surface area (Å²) in [4.78, 5) is 12.4. The molecule has 1 aliphatic rings. The van der Waals surface area contributed by atoms with Crippen LogP contribution in [0.25, 0.3) is 0 Å². The number of rotatable bonds is 4. The highest BCUT2D eigenvalue weighted by Gasteiger charge is 2.38. The molecule has 1 amide bonds. The minimum absolute atomic E-state index is 0.190. The van der Waals surface area contributed by atoms with Gasteiger partial charge in [-0.25, -0.2) is 0 Å². The number of hydrogen-bond acceptors (Lipinski definition) is 1. The van der Waals surface area contributed by atoms with E-state index in [-0.39, 0.29) is 11.0 Å². The van der Waals surface area contributed by atoms with Gasteiger partial charge in [0.25, 0.3) is 5.91 Å². The number of amides is 1. The molecule has 0 bridgehead atoms. The van der Waals surface area contributed by atoms with E-state index in [9.17, 15) is 18.0 Å². The van der Waals surface area contributed by atoms with E-state index in [4.69, 9.17) is 0 Å². The Bertz CT molecular complexity index is 734. The van der Waals surface area contributed by atoms with Crippen LogP contribution < -0.4 is 5.32 Å². The van der Waals surface area contributed by atoms with Gasteiger partial charge in [0, 0.05) is 12.0 Å². The molecule has 25 heavy (non-hydrogen) atoms. The zero-order valence-corrected chi connectivity index (χ0v) is 13.8. The van der Waals surface area contributed by atoms with E-state index in [1.165, 1.54) is 18.2 Å². The van der Waals surface area contributed by atoms with Gasteiger partial charge in [-0.15, -0.1) is 0 Å². The van der Waals surface area contributed by atoms with Gasteiger partial charge in [-0.1, -0.05) is 55.3 Å². The maximum Gasteiger partial charge on any atom is 0.417 e. The van der Waals surface area contributed by atoms with Gasteiger partial charge in [0.2, 0.25) is 0 Å². The van der Waals surface area contributed by atoms with Gasteiger partial charge in [0.05, 0.1) is 11.1 Å². The summed E-state index contributed by atoms with van der Waals surface area (Å²) in [6.07, 6.45) is -0.567. The van der Waals surface area contributed by atoms with Crippen molar-refractivity contribution in [1.29, 1.82) is 0 Å². The molecule has 1 aliphatic carbocycles. The highest BCUT2D eigenvalue weighted by molar-refractivity contribution is 5.95. The van der Waals surface area contributed by atoms with E-state index >= 15 is 0 Å². The summed E-state index contributed by atoms with van der Waals surface area (Å²) in [7, 11) is 0. The number of hydrogen-bond donors (Lipinski definition) is 1. The average Bonchev–Trinajstić information content (AvgIpc) is 3.10. The molecular formula is C20H20F3NO. The zero-order chi connectivity index (χ0) is 17.9. The molecule has 0 atom stereocenters. The Balaban J connectivity index is 1.80.